The fourth-order valence-electron chi connectivity index (χ4n) is 4.05. The summed E-state index contributed by atoms with van der Waals surface area (Å²) in [5.74, 6) is -3.04. The number of carbonyl (C=O) groups excluding carboxylic acids is 3. The number of hydrogen-bond acceptors (Lipinski definition) is 6. The van der Waals surface area contributed by atoms with E-state index < -0.39 is 11.9 Å². The Kier molecular flexibility index (Phi) is 8.63. The number of amides is 1. The molecule has 0 saturated carbocycles. The molecule has 2 aromatic carbocycles. The Morgan fingerprint density at radius 3 is 1.97 bits per heavy atom. The number of aliphatic carboxylic acids is 2. The molecule has 9 heteroatoms. The van der Waals surface area contributed by atoms with Crippen molar-refractivity contribution in [1.82, 2.24) is 4.90 Å². The molecule has 35 heavy (non-hydrogen) atoms. The largest absolute Gasteiger partial charge is 0.478 e. The predicted molar refractivity (Wildman–Crippen MR) is 128 cm³/mol. The maximum Gasteiger partial charge on any atom is 0.328 e. The van der Waals surface area contributed by atoms with E-state index in [0.717, 1.165) is 19.6 Å². The van der Waals surface area contributed by atoms with Crippen LogP contribution in [-0.2, 0) is 14.4 Å². The highest BCUT2D eigenvalue weighted by molar-refractivity contribution is 6.30. The van der Waals surface area contributed by atoms with Crippen molar-refractivity contribution in [3.05, 3.63) is 76.9 Å². The number of rotatable bonds is 6. The first-order valence-corrected chi connectivity index (χ1v) is 11.3. The van der Waals surface area contributed by atoms with Crippen molar-refractivity contribution in [3.8, 4) is 0 Å². The van der Waals surface area contributed by atoms with Gasteiger partial charge in [0, 0.05) is 41.8 Å². The number of carboxylic acid groups (broad SMARTS) is 2. The highest BCUT2D eigenvalue weighted by Gasteiger charge is 2.31. The van der Waals surface area contributed by atoms with Crippen molar-refractivity contribution in [3.63, 3.8) is 0 Å². The Labute approximate surface area is 202 Å². The lowest BCUT2D eigenvalue weighted by atomic mass is 9.83. The Hall–Kier alpha value is -4.11. The summed E-state index contributed by atoms with van der Waals surface area (Å²) in [5, 5.41) is 18.5. The number of nitrogens with one attached hydrogen (secondary N) is 1. The van der Waals surface area contributed by atoms with Gasteiger partial charge in [0.25, 0.3) is 0 Å². The van der Waals surface area contributed by atoms with Crippen molar-refractivity contribution in [2.45, 2.75) is 25.7 Å². The number of likely N-dealkylation sites (tertiary alicyclic amines) is 1. The summed E-state index contributed by atoms with van der Waals surface area (Å²) in [7, 11) is 0. The van der Waals surface area contributed by atoms with Gasteiger partial charge in [0.1, 0.15) is 0 Å². The number of fused-ring (bicyclic) bond motifs is 2. The summed E-state index contributed by atoms with van der Waals surface area (Å²) in [6.07, 6.45) is 5.12. The van der Waals surface area contributed by atoms with Crippen LogP contribution in [0.25, 0.3) is 0 Å². The maximum atomic E-state index is 12.9. The van der Waals surface area contributed by atoms with Crippen LogP contribution in [0.15, 0.2) is 54.6 Å². The van der Waals surface area contributed by atoms with Crippen LogP contribution in [0, 0.1) is 0 Å². The number of carbonyl (C=O) groups is 5. The highest BCUT2D eigenvalue weighted by Crippen LogP contribution is 2.32. The molecule has 1 aliphatic heterocycles. The summed E-state index contributed by atoms with van der Waals surface area (Å²) in [5.41, 5.74) is 1.89. The van der Waals surface area contributed by atoms with Gasteiger partial charge < -0.3 is 20.4 Å². The molecule has 1 fully saturated rings. The first kappa shape index (κ1) is 25.5. The molecule has 1 aliphatic carbocycles. The summed E-state index contributed by atoms with van der Waals surface area (Å²) in [6, 6.07) is 11.9. The zero-order valence-electron chi connectivity index (χ0n) is 19.0. The van der Waals surface area contributed by atoms with Crippen LogP contribution in [0.5, 0.6) is 0 Å². The van der Waals surface area contributed by atoms with E-state index in [2.05, 4.69) is 10.2 Å². The number of nitrogens with zero attached hydrogens (tertiary/aromatic N) is 1. The van der Waals surface area contributed by atoms with Gasteiger partial charge in [0.15, 0.2) is 11.6 Å². The van der Waals surface area contributed by atoms with E-state index in [9.17, 15) is 24.0 Å². The second-order valence-corrected chi connectivity index (χ2v) is 8.14. The zero-order valence-corrected chi connectivity index (χ0v) is 19.0. The molecule has 0 atom stereocenters. The predicted octanol–water partition coefficient (Wildman–Crippen LogP) is 2.99. The second-order valence-electron chi connectivity index (χ2n) is 8.14. The summed E-state index contributed by atoms with van der Waals surface area (Å²) < 4.78 is 0. The average molecular weight is 479 g/mol. The fraction of sp³-hybridized carbons (Fsp3) is 0.269. The number of hydrogen-bond donors (Lipinski definition) is 3. The molecule has 0 aromatic heterocycles. The molecule has 9 nitrogen and oxygen atoms in total. The molecule has 1 amide bonds. The van der Waals surface area contributed by atoms with Crippen molar-refractivity contribution in [1.29, 1.82) is 0 Å². The van der Waals surface area contributed by atoms with Gasteiger partial charge in [-0.3, -0.25) is 14.4 Å². The molecule has 0 radical (unpaired) electrons. The van der Waals surface area contributed by atoms with E-state index in [1.165, 1.54) is 19.3 Å². The van der Waals surface area contributed by atoms with Crippen LogP contribution in [-0.4, -0.2) is 64.2 Å². The van der Waals surface area contributed by atoms with Crippen LogP contribution in [0.1, 0.15) is 57.5 Å². The van der Waals surface area contributed by atoms with E-state index >= 15 is 0 Å². The Bertz CT molecular complexity index is 1160. The normalized spacial score (nSPS) is 15.0. The number of benzene rings is 2. The van der Waals surface area contributed by atoms with Gasteiger partial charge in [-0.25, -0.2) is 9.59 Å². The lowest BCUT2D eigenvalue weighted by Crippen LogP contribution is -2.32. The molecule has 0 unspecified atom stereocenters. The van der Waals surface area contributed by atoms with Crippen LogP contribution in [0.3, 0.4) is 0 Å². The Morgan fingerprint density at radius 2 is 1.37 bits per heavy atom. The molecule has 1 heterocycles. The average Bonchev–Trinajstić information content (AvgIpc) is 2.86. The summed E-state index contributed by atoms with van der Waals surface area (Å²) in [4.78, 5) is 59.5. The molecule has 4 rings (SSSR count). The number of ketones is 2. The van der Waals surface area contributed by atoms with Crippen molar-refractivity contribution in [2.75, 3.05) is 25.0 Å². The highest BCUT2D eigenvalue weighted by atomic mass is 16.4. The number of carboxylic acids is 2. The Balaban J connectivity index is 0.000000371. The lowest BCUT2D eigenvalue weighted by molar-refractivity contribution is -0.134. The monoisotopic (exact) mass is 478 g/mol. The van der Waals surface area contributed by atoms with Gasteiger partial charge in [0.2, 0.25) is 5.91 Å². The minimum absolute atomic E-state index is 0.131. The van der Waals surface area contributed by atoms with E-state index in [1.54, 1.807) is 42.5 Å². The third kappa shape index (κ3) is 6.70. The van der Waals surface area contributed by atoms with Gasteiger partial charge in [-0.1, -0.05) is 42.8 Å². The van der Waals surface area contributed by atoms with Gasteiger partial charge >= 0.3 is 11.9 Å². The van der Waals surface area contributed by atoms with Crippen LogP contribution in [0.2, 0.25) is 0 Å². The van der Waals surface area contributed by atoms with Gasteiger partial charge in [0.05, 0.1) is 11.3 Å². The van der Waals surface area contributed by atoms with Gasteiger partial charge in [-0.15, -0.1) is 0 Å². The zero-order chi connectivity index (χ0) is 25.4. The van der Waals surface area contributed by atoms with E-state index in [0.29, 0.717) is 46.5 Å². The van der Waals surface area contributed by atoms with Crippen LogP contribution < -0.4 is 5.32 Å². The molecular weight excluding hydrogens is 452 g/mol. The van der Waals surface area contributed by atoms with Crippen molar-refractivity contribution in [2.24, 2.45) is 0 Å². The molecule has 182 valence electrons. The quantitative estimate of drug-likeness (QED) is 0.459. The topological polar surface area (TPSA) is 141 Å². The molecule has 2 aliphatic rings. The third-order valence-corrected chi connectivity index (χ3v) is 5.70. The third-order valence-electron chi connectivity index (χ3n) is 5.70. The smallest absolute Gasteiger partial charge is 0.328 e. The minimum atomic E-state index is -1.26. The maximum absolute atomic E-state index is 12.9. The minimum Gasteiger partial charge on any atom is -0.478 e. The van der Waals surface area contributed by atoms with Crippen LogP contribution >= 0.6 is 0 Å². The van der Waals surface area contributed by atoms with Crippen LogP contribution in [0.4, 0.5) is 5.69 Å². The van der Waals surface area contributed by atoms with E-state index in [1.807, 2.05) is 0 Å². The van der Waals surface area contributed by atoms with Gasteiger partial charge in [-0.2, -0.15) is 0 Å². The van der Waals surface area contributed by atoms with Crippen molar-refractivity contribution < 1.29 is 34.2 Å². The number of piperidine rings is 1. The lowest BCUT2D eigenvalue weighted by Gasteiger charge is -2.26. The Morgan fingerprint density at radius 1 is 0.800 bits per heavy atom. The summed E-state index contributed by atoms with van der Waals surface area (Å²) >= 11 is 0. The number of anilines is 1. The first-order chi connectivity index (χ1) is 16.8. The SMILES string of the molecule is O=C(CCN1CCCCC1)Nc1cccc2c1C(=O)c1ccccc1C2=O.O=C(O)/C=C\C(=O)O. The molecule has 3 N–H and O–H groups in total. The molecule has 0 spiro atoms. The standard InChI is InChI=1S/C22H22N2O3.C4H4O4/c25-19(11-14-24-12-4-1-5-13-24)23-18-10-6-9-17-20(18)22(27)16-8-3-2-7-15(16)21(17)26;5-3(6)1-2-4(7)8/h2-3,6-10H,1,4-5,11-14H2,(H,23,25);1-2H,(H,5,6)(H,7,8)/b;2-1-. The molecule has 0 bridgehead atoms. The molecular formula is C26H26N2O7. The van der Waals surface area contributed by atoms with Crippen molar-refractivity contribution >= 4 is 35.1 Å². The summed E-state index contributed by atoms with van der Waals surface area (Å²) in [6.45, 7) is 2.80. The van der Waals surface area contributed by atoms with E-state index in [4.69, 9.17) is 10.2 Å². The second kappa shape index (κ2) is 11.8. The molecule has 1 saturated heterocycles. The molecule has 2 aromatic rings. The fourth-order valence-corrected chi connectivity index (χ4v) is 4.05. The van der Waals surface area contributed by atoms with E-state index in [-0.39, 0.29) is 17.5 Å². The first-order valence-electron chi connectivity index (χ1n) is 11.3. The van der Waals surface area contributed by atoms with Gasteiger partial charge in [-0.05, 0) is 32.0 Å².